The SMILES string of the molecule is CC(C)Oc1cccc(C(=O)N2CCC[C@H](c3ccncc3)C2)n1. The first-order valence-electron chi connectivity index (χ1n) is 8.46. The molecule has 5 nitrogen and oxygen atoms in total. The third-order valence-corrected chi connectivity index (χ3v) is 4.19. The molecule has 3 heterocycles. The third kappa shape index (κ3) is 3.91. The summed E-state index contributed by atoms with van der Waals surface area (Å²) in [6.07, 6.45) is 5.75. The van der Waals surface area contributed by atoms with Crippen LogP contribution in [0.1, 0.15) is 48.7 Å². The molecule has 0 N–H and O–H groups in total. The van der Waals surface area contributed by atoms with Crippen LogP contribution in [0.15, 0.2) is 42.7 Å². The smallest absolute Gasteiger partial charge is 0.272 e. The third-order valence-electron chi connectivity index (χ3n) is 4.19. The first kappa shape index (κ1) is 16.4. The zero-order valence-electron chi connectivity index (χ0n) is 14.2. The molecule has 0 aromatic carbocycles. The fraction of sp³-hybridized carbons (Fsp3) is 0.421. The minimum Gasteiger partial charge on any atom is -0.475 e. The molecule has 5 heteroatoms. The van der Waals surface area contributed by atoms with Crippen molar-refractivity contribution < 1.29 is 9.53 Å². The first-order valence-corrected chi connectivity index (χ1v) is 8.46. The summed E-state index contributed by atoms with van der Waals surface area (Å²) in [5.74, 6) is 0.835. The Balaban J connectivity index is 1.72. The van der Waals surface area contributed by atoms with Crippen LogP contribution in [0.5, 0.6) is 5.88 Å². The number of pyridine rings is 2. The lowest BCUT2D eigenvalue weighted by Gasteiger charge is -2.32. The molecule has 0 spiro atoms. The van der Waals surface area contributed by atoms with Gasteiger partial charge in [0.2, 0.25) is 5.88 Å². The van der Waals surface area contributed by atoms with Crippen LogP contribution >= 0.6 is 0 Å². The van der Waals surface area contributed by atoms with Crippen molar-refractivity contribution in [2.45, 2.75) is 38.7 Å². The van der Waals surface area contributed by atoms with Crippen LogP contribution in [0.3, 0.4) is 0 Å². The Hall–Kier alpha value is -2.43. The van der Waals surface area contributed by atoms with Crippen molar-refractivity contribution in [1.29, 1.82) is 0 Å². The molecular weight excluding hydrogens is 302 g/mol. The quantitative estimate of drug-likeness (QED) is 0.865. The van der Waals surface area contributed by atoms with Crippen molar-refractivity contribution in [3.05, 3.63) is 54.0 Å². The average Bonchev–Trinajstić information content (AvgIpc) is 2.62. The van der Waals surface area contributed by atoms with Crippen molar-refractivity contribution in [2.24, 2.45) is 0 Å². The molecule has 0 aliphatic carbocycles. The predicted molar refractivity (Wildman–Crippen MR) is 92.1 cm³/mol. The van der Waals surface area contributed by atoms with Gasteiger partial charge in [-0.2, -0.15) is 0 Å². The van der Waals surface area contributed by atoms with Crippen molar-refractivity contribution in [3.63, 3.8) is 0 Å². The molecule has 24 heavy (non-hydrogen) atoms. The normalized spacial score (nSPS) is 17.8. The van der Waals surface area contributed by atoms with Gasteiger partial charge in [0, 0.05) is 37.5 Å². The van der Waals surface area contributed by atoms with Crippen LogP contribution in [-0.2, 0) is 0 Å². The summed E-state index contributed by atoms with van der Waals surface area (Å²) >= 11 is 0. The van der Waals surface area contributed by atoms with E-state index in [0.717, 1.165) is 25.9 Å². The minimum absolute atomic E-state index is 0.0250. The highest BCUT2D eigenvalue weighted by molar-refractivity contribution is 5.92. The molecule has 0 saturated carbocycles. The number of hydrogen-bond acceptors (Lipinski definition) is 4. The summed E-state index contributed by atoms with van der Waals surface area (Å²) in [6, 6.07) is 9.43. The number of aromatic nitrogens is 2. The molecule has 1 aliphatic rings. The monoisotopic (exact) mass is 325 g/mol. The Morgan fingerprint density at radius 2 is 2.04 bits per heavy atom. The van der Waals surface area contributed by atoms with E-state index in [-0.39, 0.29) is 12.0 Å². The molecule has 2 aromatic heterocycles. The van der Waals surface area contributed by atoms with Gasteiger partial charge in [-0.05, 0) is 50.5 Å². The second-order valence-corrected chi connectivity index (χ2v) is 6.40. The lowest BCUT2D eigenvalue weighted by molar-refractivity contribution is 0.0699. The number of rotatable bonds is 4. The Kier molecular flexibility index (Phi) is 5.08. The standard InChI is InChI=1S/C19H23N3O2/c1-14(2)24-18-7-3-6-17(21-18)19(23)22-12-4-5-16(13-22)15-8-10-20-11-9-15/h3,6-11,14,16H,4-5,12-13H2,1-2H3/t16-/m0/s1. The fourth-order valence-corrected chi connectivity index (χ4v) is 3.07. The van der Waals surface area contributed by atoms with Gasteiger partial charge in [-0.3, -0.25) is 9.78 Å². The molecule has 2 aromatic rings. The Morgan fingerprint density at radius 1 is 1.25 bits per heavy atom. The highest BCUT2D eigenvalue weighted by Crippen LogP contribution is 2.27. The molecule has 1 amide bonds. The van der Waals surface area contributed by atoms with E-state index < -0.39 is 0 Å². The predicted octanol–water partition coefficient (Wildman–Crippen LogP) is 3.28. The number of amides is 1. The Labute approximate surface area is 142 Å². The van der Waals surface area contributed by atoms with Gasteiger partial charge in [-0.25, -0.2) is 4.98 Å². The summed E-state index contributed by atoms with van der Waals surface area (Å²) in [5, 5.41) is 0. The largest absolute Gasteiger partial charge is 0.475 e. The molecule has 3 rings (SSSR count). The van der Waals surface area contributed by atoms with Gasteiger partial charge >= 0.3 is 0 Å². The number of carbonyl (C=O) groups excluding carboxylic acids is 1. The number of carbonyl (C=O) groups is 1. The molecular formula is C19H23N3O2. The zero-order chi connectivity index (χ0) is 16.9. The average molecular weight is 325 g/mol. The van der Waals surface area contributed by atoms with Gasteiger partial charge in [0.1, 0.15) is 5.69 Å². The van der Waals surface area contributed by atoms with E-state index >= 15 is 0 Å². The Bertz CT molecular complexity index is 688. The summed E-state index contributed by atoms with van der Waals surface area (Å²) in [4.78, 5) is 23.1. The fourth-order valence-electron chi connectivity index (χ4n) is 3.07. The van der Waals surface area contributed by atoms with Crippen molar-refractivity contribution in [3.8, 4) is 5.88 Å². The topological polar surface area (TPSA) is 55.3 Å². The lowest BCUT2D eigenvalue weighted by atomic mass is 9.91. The molecule has 1 fully saturated rings. The van der Waals surface area contributed by atoms with E-state index in [1.165, 1.54) is 5.56 Å². The molecule has 1 saturated heterocycles. The van der Waals surface area contributed by atoms with Crippen LogP contribution in [0.2, 0.25) is 0 Å². The summed E-state index contributed by atoms with van der Waals surface area (Å²) < 4.78 is 5.59. The zero-order valence-corrected chi connectivity index (χ0v) is 14.2. The second-order valence-electron chi connectivity index (χ2n) is 6.40. The van der Waals surface area contributed by atoms with E-state index in [4.69, 9.17) is 4.74 Å². The van der Waals surface area contributed by atoms with Gasteiger partial charge in [0.05, 0.1) is 6.10 Å². The van der Waals surface area contributed by atoms with Gasteiger partial charge in [0.25, 0.3) is 5.91 Å². The molecule has 126 valence electrons. The maximum Gasteiger partial charge on any atom is 0.272 e. The van der Waals surface area contributed by atoms with E-state index in [1.807, 2.05) is 49.3 Å². The summed E-state index contributed by atoms with van der Waals surface area (Å²) in [7, 11) is 0. The van der Waals surface area contributed by atoms with E-state index in [9.17, 15) is 4.79 Å². The molecule has 0 bridgehead atoms. The van der Waals surface area contributed by atoms with Crippen molar-refractivity contribution >= 4 is 5.91 Å². The van der Waals surface area contributed by atoms with E-state index in [2.05, 4.69) is 9.97 Å². The van der Waals surface area contributed by atoms with Crippen LogP contribution in [-0.4, -0.2) is 40.0 Å². The van der Waals surface area contributed by atoms with E-state index in [0.29, 0.717) is 17.5 Å². The summed E-state index contributed by atoms with van der Waals surface area (Å²) in [5.41, 5.74) is 1.69. The highest BCUT2D eigenvalue weighted by Gasteiger charge is 2.26. The first-order chi connectivity index (χ1) is 11.6. The number of likely N-dealkylation sites (tertiary alicyclic amines) is 1. The number of nitrogens with zero attached hydrogens (tertiary/aromatic N) is 3. The maximum atomic E-state index is 12.8. The maximum absolute atomic E-state index is 12.8. The van der Waals surface area contributed by atoms with Gasteiger partial charge in [-0.1, -0.05) is 6.07 Å². The second kappa shape index (κ2) is 7.43. The Morgan fingerprint density at radius 3 is 2.79 bits per heavy atom. The molecule has 0 radical (unpaired) electrons. The molecule has 1 atom stereocenters. The van der Waals surface area contributed by atoms with Crippen LogP contribution in [0, 0.1) is 0 Å². The van der Waals surface area contributed by atoms with Gasteiger partial charge in [-0.15, -0.1) is 0 Å². The minimum atomic E-state index is -0.0250. The van der Waals surface area contributed by atoms with Crippen molar-refractivity contribution in [2.75, 3.05) is 13.1 Å². The van der Waals surface area contributed by atoms with Crippen LogP contribution < -0.4 is 4.74 Å². The molecule has 0 unspecified atom stereocenters. The van der Waals surface area contributed by atoms with Gasteiger partial charge < -0.3 is 9.64 Å². The van der Waals surface area contributed by atoms with Crippen molar-refractivity contribution in [1.82, 2.24) is 14.9 Å². The highest BCUT2D eigenvalue weighted by atomic mass is 16.5. The van der Waals surface area contributed by atoms with Crippen LogP contribution in [0.4, 0.5) is 0 Å². The number of ether oxygens (including phenoxy) is 1. The molecule has 1 aliphatic heterocycles. The van der Waals surface area contributed by atoms with E-state index in [1.54, 1.807) is 12.1 Å². The summed E-state index contributed by atoms with van der Waals surface area (Å²) in [6.45, 7) is 5.39. The number of piperidine rings is 1. The van der Waals surface area contributed by atoms with Gasteiger partial charge in [0.15, 0.2) is 0 Å². The van der Waals surface area contributed by atoms with Crippen LogP contribution in [0.25, 0.3) is 0 Å². The number of hydrogen-bond donors (Lipinski definition) is 0. The lowest BCUT2D eigenvalue weighted by Crippen LogP contribution is -2.39.